The standard InChI is InChI=1S/C13H9BrO4S2.C13H7BrO2S2/c14-9-3-1-2-4-10(9)19-11-6-5-8(13(15)16)7-12(11)20(17)18;14-8-2-1-3-10-12(8)18-9-5-4-7(13(15)16)6-11(9)17-10/h1-7H,(H,15,16)(H,17,18);1-6H,(H,15,16). The molecular formula is C26H16Br2O6S4. The lowest BCUT2D eigenvalue weighted by atomic mass is 10.2. The van der Waals surface area contributed by atoms with E-state index in [0.717, 1.165) is 28.5 Å². The Balaban J connectivity index is 0.000000178. The van der Waals surface area contributed by atoms with Crippen molar-refractivity contribution in [2.45, 2.75) is 34.3 Å². The summed E-state index contributed by atoms with van der Waals surface area (Å²) in [4.78, 5) is 27.8. The van der Waals surface area contributed by atoms with E-state index in [1.807, 2.05) is 48.5 Å². The van der Waals surface area contributed by atoms with E-state index in [0.29, 0.717) is 10.5 Å². The van der Waals surface area contributed by atoms with Crippen molar-refractivity contribution in [2.75, 3.05) is 0 Å². The lowest BCUT2D eigenvalue weighted by Gasteiger charge is -2.19. The first-order chi connectivity index (χ1) is 18.1. The molecule has 1 atom stereocenters. The molecule has 0 aromatic heterocycles. The van der Waals surface area contributed by atoms with Crippen LogP contribution in [0.3, 0.4) is 0 Å². The van der Waals surface area contributed by atoms with Gasteiger partial charge >= 0.3 is 11.9 Å². The van der Waals surface area contributed by atoms with Crippen molar-refractivity contribution in [1.82, 2.24) is 0 Å². The second kappa shape index (κ2) is 12.9. The summed E-state index contributed by atoms with van der Waals surface area (Å²) in [5.74, 6) is -2.02. The fourth-order valence-electron chi connectivity index (χ4n) is 3.21. The number of aromatic carboxylic acids is 2. The lowest BCUT2D eigenvalue weighted by Crippen LogP contribution is -2.00. The summed E-state index contributed by atoms with van der Waals surface area (Å²) in [6.07, 6.45) is 0. The molecule has 0 aliphatic carbocycles. The van der Waals surface area contributed by atoms with Crippen LogP contribution in [-0.2, 0) is 11.1 Å². The summed E-state index contributed by atoms with van der Waals surface area (Å²) in [7, 11) is 0. The van der Waals surface area contributed by atoms with Crippen LogP contribution in [0, 0.1) is 0 Å². The van der Waals surface area contributed by atoms with Crippen LogP contribution < -0.4 is 0 Å². The number of carboxylic acid groups (broad SMARTS) is 2. The molecule has 0 bridgehead atoms. The molecule has 0 saturated carbocycles. The Morgan fingerprint density at radius 2 is 1.37 bits per heavy atom. The van der Waals surface area contributed by atoms with E-state index < -0.39 is 23.0 Å². The highest BCUT2D eigenvalue weighted by Crippen LogP contribution is 2.51. The number of fused-ring (bicyclic) bond motifs is 2. The van der Waals surface area contributed by atoms with E-state index in [2.05, 4.69) is 31.9 Å². The van der Waals surface area contributed by atoms with Crippen molar-refractivity contribution in [3.8, 4) is 0 Å². The molecule has 194 valence electrons. The Hall–Kier alpha value is -2.06. The minimum atomic E-state index is -2.25. The van der Waals surface area contributed by atoms with E-state index in [9.17, 15) is 18.4 Å². The van der Waals surface area contributed by atoms with Gasteiger partial charge in [-0.1, -0.05) is 53.5 Å². The van der Waals surface area contributed by atoms with Crippen molar-refractivity contribution in [2.24, 2.45) is 0 Å². The first kappa shape index (κ1) is 28.9. The molecule has 4 aromatic rings. The zero-order valence-corrected chi connectivity index (χ0v) is 25.4. The maximum absolute atomic E-state index is 11.4. The minimum Gasteiger partial charge on any atom is -0.478 e. The largest absolute Gasteiger partial charge is 0.478 e. The van der Waals surface area contributed by atoms with E-state index in [1.165, 1.54) is 34.9 Å². The number of hydrogen-bond acceptors (Lipinski definition) is 6. The molecular weight excluding hydrogens is 696 g/mol. The monoisotopic (exact) mass is 710 g/mol. The van der Waals surface area contributed by atoms with Gasteiger partial charge in [0.1, 0.15) is 0 Å². The van der Waals surface area contributed by atoms with E-state index in [4.69, 9.17) is 10.2 Å². The molecule has 6 nitrogen and oxygen atoms in total. The van der Waals surface area contributed by atoms with Crippen molar-refractivity contribution in [1.29, 1.82) is 0 Å². The van der Waals surface area contributed by atoms with Gasteiger partial charge in [-0.15, -0.1) is 0 Å². The van der Waals surface area contributed by atoms with Crippen molar-refractivity contribution in [3.63, 3.8) is 0 Å². The first-order valence-corrected chi connectivity index (χ1v) is 15.7. The summed E-state index contributed by atoms with van der Waals surface area (Å²) >= 11 is 9.28. The topological polar surface area (TPSA) is 112 Å². The molecule has 1 unspecified atom stereocenters. The molecule has 0 fully saturated rings. The molecule has 0 radical (unpaired) electrons. The van der Waals surface area contributed by atoms with Crippen molar-refractivity contribution < 1.29 is 28.6 Å². The average molecular weight is 712 g/mol. The molecule has 38 heavy (non-hydrogen) atoms. The normalized spacial score (nSPS) is 12.4. The highest BCUT2D eigenvalue weighted by molar-refractivity contribution is 9.10. The number of halogens is 2. The van der Waals surface area contributed by atoms with Gasteiger partial charge in [0.05, 0.1) is 16.0 Å². The number of carbonyl (C=O) groups is 2. The maximum atomic E-state index is 11.4. The lowest BCUT2D eigenvalue weighted by molar-refractivity contribution is 0.0685. The fourth-order valence-corrected chi connectivity index (χ4v) is 8.42. The Morgan fingerprint density at radius 1 is 0.711 bits per heavy atom. The van der Waals surface area contributed by atoms with E-state index in [1.54, 1.807) is 35.7 Å². The Kier molecular flexibility index (Phi) is 9.79. The summed E-state index contributed by atoms with van der Waals surface area (Å²) in [5.41, 5.74) is 0.319. The van der Waals surface area contributed by atoms with Gasteiger partial charge in [-0.2, -0.15) is 0 Å². The molecule has 0 saturated heterocycles. The van der Waals surface area contributed by atoms with Crippen molar-refractivity contribution in [3.05, 3.63) is 98.9 Å². The van der Waals surface area contributed by atoms with Gasteiger partial charge in [-0.25, -0.2) is 13.8 Å². The van der Waals surface area contributed by atoms with Gasteiger partial charge < -0.3 is 14.8 Å². The highest BCUT2D eigenvalue weighted by Gasteiger charge is 2.20. The van der Waals surface area contributed by atoms with Crippen LogP contribution in [0.25, 0.3) is 0 Å². The van der Waals surface area contributed by atoms with Gasteiger partial charge in [0.2, 0.25) is 0 Å². The van der Waals surface area contributed by atoms with Crippen LogP contribution in [0.1, 0.15) is 20.7 Å². The van der Waals surface area contributed by atoms with E-state index in [-0.39, 0.29) is 10.5 Å². The van der Waals surface area contributed by atoms with E-state index >= 15 is 0 Å². The molecule has 1 heterocycles. The maximum Gasteiger partial charge on any atom is 0.335 e. The molecule has 4 aromatic carbocycles. The average Bonchev–Trinajstić information content (AvgIpc) is 2.89. The highest BCUT2D eigenvalue weighted by atomic mass is 79.9. The SMILES string of the molecule is O=C(O)c1ccc(Sc2ccccc2Br)c(S(=O)O)c1.O=C(O)c1ccc2c(c1)Sc1cccc(Br)c1S2. The number of rotatable bonds is 5. The Bertz CT molecular complexity index is 1580. The second-order valence-electron chi connectivity index (χ2n) is 7.49. The molecule has 0 amide bonds. The minimum absolute atomic E-state index is 0.0149. The van der Waals surface area contributed by atoms with Gasteiger partial charge in [-0.05, 0) is 92.5 Å². The molecule has 1 aliphatic rings. The predicted molar refractivity (Wildman–Crippen MR) is 156 cm³/mol. The third-order valence-electron chi connectivity index (χ3n) is 4.99. The van der Waals surface area contributed by atoms with Gasteiger partial charge in [0.25, 0.3) is 0 Å². The fraction of sp³-hybridized carbons (Fsp3) is 0. The third-order valence-corrected chi connectivity index (χ3v) is 11.5. The number of benzene rings is 4. The van der Waals surface area contributed by atoms with Gasteiger partial charge in [0, 0.05) is 38.3 Å². The Labute approximate surface area is 250 Å². The van der Waals surface area contributed by atoms with Crippen LogP contribution in [-0.4, -0.2) is 30.9 Å². The number of hydrogen-bond donors (Lipinski definition) is 3. The zero-order chi connectivity index (χ0) is 27.4. The predicted octanol–water partition coefficient (Wildman–Crippen LogP) is 8.64. The van der Waals surface area contributed by atoms with Crippen LogP contribution in [0.4, 0.5) is 0 Å². The van der Waals surface area contributed by atoms with Crippen LogP contribution in [0.15, 0.2) is 122 Å². The summed E-state index contributed by atoms with van der Waals surface area (Å²) in [5, 5.41) is 17.9. The third kappa shape index (κ3) is 6.92. The zero-order valence-electron chi connectivity index (χ0n) is 19.0. The molecule has 3 N–H and O–H groups in total. The quantitative estimate of drug-likeness (QED) is 0.154. The summed E-state index contributed by atoms with van der Waals surface area (Å²) in [6, 6.07) is 22.9. The van der Waals surface area contributed by atoms with Crippen molar-refractivity contribution >= 4 is 90.2 Å². The molecule has 0 spiro atoms. The number of carboxylic acids is 2. The molecule has 1 aliphatic heterocycles. The van der Waals surface area contributed by atoms with Crippen LogP contribution >= 0.6 is 67.1 Å². The summed E-state index contributed by atoms with van der Waals surface area (Å²) in [6.45, 7) is 0. The van der Waals surface area contributed by atoms with Crippen LogP contribution in [0.5, 0.6) is 0 Å². The molecule has 5 rings (SSSR count). The summed E-state index contributed by atoms with van der Waals surface area (Å²) < 4.78 is 22.6. The van der Waals surface area contributed by atoms with Gasteiger partial charge in [-0.3, -0.25) is 0 Å². The second-order valence-corrected chi connectivity index (χ2v) is 13.4. The smallest absolute Gasteiger partial charge is 0.335 e. The Morgan fingerprint density at radius 3 is 2.05 bits per heavy atom. The van der Waals surface area contributed by atoms with Gasteiger partial charge in [0.15, 0.2) is 11.1 Å². The first-order valence-electron chi connectivity index (χ1n) is 10.6. The van der Waals surface area contributed by atoms with Crippen LogP contribution in [0.2, 0.25) is 0 Å². The molecule has 12 heteroatoms.